The normalized spacial score (nSPS) is 17.4. The summed E-state index contributed by atoms with van der Waals surface area (Å²) in [6, 6.07) is 4.35. The summed E-state index contributed by atoms with van der Waals surface area (Å²) in [6.07, 6.45) is -3.29. The smallest absolute Gasteiger partial charge is 0.201 e. The molecule has 1 nitrogen and oxygen atoms in total. The van der Waals surface area contributed by atoms with E-state index in [0.29, 0.717) is 16.8 Å². The number of halogens is 3. The Morgan fingerprint density at radius 1 is 1.05 bits per heavy atom. The third kappa shape index (κ3) is 2.69. The average Bonchev–Trinajstić information content (AvgIpc) is 2.44. The Hall–Kier alpha value is -1.84. The summed E-state index contributed by atoms with van der Waals surface area (Å²) in [4.78, 5) is 0. The van der Waals surface area contributed by atoms with E-state index in [4.69, 9.17) is 8.22 Å². The zero-order chi connectivity index (χ0) is 20.1. The number of hydrogen-bond acceptors (Lipinski definition) is 0. The maximum Gasteiger partial charge on any atom is 0.416 e. The molecule has 0 spiro atoms. The highest BCUT2D eigenvalue weighted by atomic mass is 19.4. The minimum absolute atomic E-state index is 0.300. The number of nitrogens with zero attached hydrogens (tertiary/aromatic N) is 1. The van der Waals surface area contributed by atoms with Crippen LogP contribution in [0, 0.1) is 20.6 Å². The first-order chi connectivity index (χ1) is 11.6. The number of alkyl halides is 3. The zero-order valence-electron chi connectivity index (χ0n) is 17.0. The van der Waals surface area contributed by atoms with Crippen molar-refractivity contribution in [3.63, 3.8) is 0 Å². The third-order valence-electron chi connectivity index (χ3n) is 3.10. The first kappa shape index (κ1) is 8.45. The predicted molar refractivity (Wildman–Crippen MR) is 72.3 cm³/mol. The van der Waals surface area contributed by atoms with Gasteiger partial charge < -0.3 is 0 Å². The van der Waals surface area contributed by atoms with Crippen LogP contribution >= 0.6 is 0 Å². The second-order valence-electron chi connectivity index (χ2n) is 4.62. The SMILES string of the molecule is [2H]C([2H])([2H])c1cc(-c2ccc(C(F)(F)F)cc2C)[n+](C)cc1C([2H])([2H])[2H]. The second-order valence-corrected chi connectivity index (χ2v) is 4.62. The van der Waals surface area contributed by atoms with Crippen LogP contribution in [-0.4, -0.2) is 0 Å². The minimum Gasteiger partial charge on any atom is -0.201 e. The van der Waals surface area contributed by atoms with Gasteiger partial charge in [-0.25, -0.2) is 4.57 Å². The van der Waals surface area contributed by atoms with Crippen molar-refractivity contribution in [3.8, 4) is 11.3 Å². The summed E-state index contributed by atoms with van der Waals surface area (Å²) in [7, 11) is 1.52. The average molecular weight is 286 g/mol. The lowest BCUT2D eigenvalue weighted by atomic mass is 9.99. The molecule has 0 atom stereocenters. The standard InChI is InChI=1S/C16H17F3N/c1-10-8-15(20(4)9-12(10)3)14-6-5-13(7-11(14)2)16(17,18)19/h5-9H,1-4H3/q+1/i1D3,3D3. The van der Waals surface area contributed by atoms with Gasteiger partial charge in [-0.1, -0.05) is 0 Å². The Labute approximate surface area is 125 Å². The molecule has 0 aliphatic rings. The van der Waals surface area contributed by atoms with Gasteiger partial charge in [0.2, 0.25) is 5.69 Å². The molecule has 4 heteroatoms. The van der Waals surface area contributed by atoms with Crippen LogP contribution in [-0.2, 0) is 13.2 Å². The molecular formula is C16H17F3N+. The minimum atomic E-state index is -4.49. The van der Waals surface area contributed by atoms with Crippen molar-refractivity contribution < 1.29 is 26.0 Å². The fourth-order valence-corrected chi connectivity index (χ4v) is 2.04. The molecule has 1 heterocycles. The maximum atomic E-state index is 12.8. The third-order valence-corrected chi connectivity index (χ3v) is 3.10. The summed E-state index contributed by atoms with van der Waals surface area (Å²) in [5, 5.41) is 0. The van der Waals surface area contributed by atoms with Crippen LogP contribution in [0.5, 0.6) is 0 Å². The number of aromatic nitrogens is 1. The quantitative estimate of drug-likeness (QED) is 0.694. The number of aryl methyl sites for hydroxylation is 4. The van der Waals surface area contributed by atoms with Crippen molar-refractivity contribution >= 4 is 0 Å². The number of benzene rings is 1. The van der Waals surface area contributed by atoms with Crippen molar-refractivity contribution in [1.82, 2.24) is 0 Å². The van der Waals surface area contributed by atoms with Crippen LogP contribution in [0.3, 0.4) is 0 Å². The van der Waals surface area contributed by atoms with Crippen LogP contribution in [0.1, 0.15) is 30.5 Å². The molecule has 0 fully saturated rings. The Bertz CT molecular complexity index is 838. The summed E-state index contributed by atoms with van der Waals surface area (Å²) >= 11 is 0. The summed E-state index contributed by atoms with van der Waals surface area (Å²) in [5.74, 6) is 0. The fourth-order valence-electron chi connectivity index (χ4n) is 2.04. The molecule has 0 N–H and O–H groups in total. The van der Waals surface area contributed by atoms with E-state index >= 15 is 0 Å². The van der Waals surface area contributed by atoms with E-state index in [1.165, 1.54) is 36.9 Å². The van der Waals surface area contributed by atoms with E-state index < -0.39 is 25.4 Å². The van der Waals surface area contributed by atoms with Crippen LogP contribution in [0.4, 0.5) is 13.2 Å². The molecular weight excluding hydrogens is 263 g/mol. The van der Waals surface area contributed by atoms with Gasteiger partial charge in [-0.15, -0.1) is 0 Å². The van der Waals surface area contributed by atoms with E-state index in [1.54, 1.807) is 0 Å². The predicted octanol–water partition coefficient (Wildman–Crippen LogP) is 4.12. The molecule has 2 aromatic rings. The van der Waals surface area contributed by atoms with Gasteiger partial charge in [0, 0.05) is 25.4 Å². The molecule has 0 radical (unpaired) electrons. The zero-order valence-corrected chi connectivity index (χ0v) is 11.0. The molecule has 20 heavy (non-hydrogen) atoms. The Morgan fingerprint density at radius 2 is 1.75 bits per heavy atom. The maximum absolute atomic E-state index is 12.8. The molecule has 0 saturated carbocycles. The monoisotopic (exact) mass is 286 g/mol. The summed E-state index contributed by atoms with van der Waals surface area (Å²) < 4.78 is 85.4. The van der Waals surface area contributed by atoms with Gasteiger partial charge in [0.15, 0.2) is 6.20 Å². The Kier molecular flexibility index (Phi) is 2.08. The Morgan fingerprint density at radius 3 is 2.30 bits per heavy atom. The van der Waals surface area contributed by atoms with Gasteiger partial charge in [0.05, 0.1) is 5.56 Å². The van der Waals surface area contributed by atoms with E-state index in [1.807, 2.05) is 0 Å². The van der Waals surface area contributed by atoms with Gasteiger partial charge in [0.1, 0.15) is 7.05 Å². The second kappa shape index (κ2) is 4.93. The fraction of sp³-hybridized carbons (Fsp3) is 0.312. The van der Waals surface area contributed by atoms with Gasteiger partial charge in [0.25, 0.3) is 0 Å². The molecule has 1 aromatic carbocycles. The summed E-state index contributed by atoms with van der Waals surface area (Å²) in [5.41, 5.74) is -0.457. The van der Waals surface area contributed by atoms with Gasteiger partial charge in [-0.2, -0.15) is 13.2 Å². The molecule has 106 valence electrons. The molecule has 2 rings (SSSR count). The largest absolute Gasteiger partial charge is 0.416 e. The highest BCUT2D eigenvalue weighted by Gasteiger charge is 2.31. The van der Waals surface area contributed by atoms with E-state index in [0.717, 1.165) is 12.1 Å². The van der Waals surface area contributed by atoms with E-state index in [9.17, 15) is 13.2 Å². The van der Waals surface area contributed by atoms with Crippen LogP contribution in [0.2, 0.25) is 0 Å². The molecule has 1 aromatic heterocycles. The lowest BCUT2D eigenvalue weighted by Crippen LogP contribution is -2.31. The van der Waals surface area contributed by atoms with E-state index in [-0.39, 0.29) is 11.1 Å². The van der Waals surface area contributed by atoms with Gasteiger partial charge in [-0.3, -0.25) is 0 Å². The van der Waals surface area contributed by atoms with Crippen molar-refractivity contribution in [3.05, 3.63) is 52.7 Å². The number of rotatable bonds is 1. The highest BCUT2D eigenvalue weighted by molar-refractivity contribution is 5.62. The van der Waals surface area contributed by atoms with Crippen molar-refractivity contribution in [2.75, 3.05) is 0 Å². The van der Waals surface area contributed by atoms with Crippen molar-refractivity contribution in [2.45, 2.75) is 26.8 Å². The molecule has 0 unspecified atom stereocenters. The van der Waals surface area contributed by atoms with Gasteiger partial charge >= 0.3 is 6.18 Å². The topological polar surface area (TPSA) is 3.88 Å². The van der Waals surface area contributed by atoms with Gasteiger partial charge in [-0.05, 0) is 50.0 Å². The Balaban J connectivity index is 2.72. The summed E-state index contributed by atoms with van der Waals surface area (Å²) in [6.45, 7) is -3.82. The van der Waals surface area contributed by atoms with Crippen molar-refractivity contribution in [2.24, 2.45) is 7.05 Å². The van der Waals surface area contributed by atoms with Crippen molar-refractivity contribution in [1.29, 1.82) is 0 Å². The first-order valence-electron chi connectivity index (χ1n) is 8.85. The molecule has 0 amide bonds. The van der Waals surface area contributed by atoms with E-state index in [2.05, 4.69) is 0 Å². The lowest BCUT2D eigenvalue weighted by molar-refractivity contribution is -0.660. The lowest BCUT2D eigenvalue weighted by Gasteiger charge is -2.11. The molecule has 0 saturated heterocycles. The van der Waals surface area contributed by atoms with Crippen LogP contribution < -0.4 is 4.57 Å². The van der Waals surface area contributed by atoms with Crippen LogP contribution in [0.25, 0.3) is 11.3 Å². The molecule has 0 aliphatic heterocycles. The molecule has 0 bridgehead atoms. The number of hydrogen-bond donors (Lipinski definition) is 0. The number of pyridine rings is 1. The molecule has 0 aliphatic carbocycles. The van der Waals surface area contributed by atoms with Crippen LogP contribution in [0.15, 0.2) is 30.5 Å². The first-order valence-corrected chi connectivity index (χ1v) is 5.85. The highest BCUT2D eigenvalue weighted by Crippen LogP contribution is 2.32.